The van der Waals surface area contributed by atoms with Crippen molar-refractivity contribution >= 4 is 46.8 Å². The predicted octanol–water partition coefficient (Wildman–Crippen LogP) is 5.48. The maximum atomic E-state index is 13.0. The molecule has 0 saturated carbocycles. The van der Waals surface area contributed by atoms with Gasteiger partial charge in [-0.05, 0) is 60.9 Å². The molecule has 1 heterocycles. The SMILES string of the molecule is O=C(Nc1ccc(Cl)cc1)c1ccccc1NC(=O)C1CCN(C(=O)/C=C/c2ccccc2)CC1. The van der Waals surface area contributed by atoms with Gasteiger partial charge in [-0.25, -0.2) is 0 Å². The van der Waals surface area contributed by atoms with Crippen molar-refractivity contribution in [3.63, 3.8) is 0 Å². The van der Waals surface area contributed by atoms with Crippen LogP contribution in [0.2, 0.25) is 5.02 Å². The van der Waals surface area contributed by atoms with E-state index in [2.05, 4.69) is 10.6 Å². The summed E-state index contributed by atoms with van der Waals surface area (Å²) in [7, 11) is 0. The van der Waals surface area contributed by atoms with Crippen molar-refractivity contribution in [1.82, 2.24) is 4.90 Å². The molecule has 1 fully saturated rings. The largest absolute Gasteiger partial charge is 0.339 e. The smallest absolute Gasteiger partial charge is 0.257 e. The van der Waals surface area contributed by atoms with Crippen LogP contribution in [0.25, 0.3) is 6.08 Å². The van der Waals surface area contributed by atoms with Gasteiger partial charge in [0.05, 0.1) is 11.3 Å². The lowest BCUT2D eigenvalue weighted by Gasteiger charge is -2.30. The zero-order chi connectivity index (χ0) is 24.6. The minimum Gasteiger partial charge on any atom is -0.339 e. The van der Waals surface area contributed by atoms with Gasteiger partial charge in [-0.1, -0.05) is 54.1 Å². The number of para-hydroxylation sites is 1. The highest BCUT2D eigenvalue weighted by atomic mass is 35.5. The quantitative estimate of drug-likeness (QED) is 0.452. The highest BCUT2D eigenvalue weighted by Gasteiger charge is 2.27. The number of carbonyl (C=O) groups is 3. The molecule has 1 aliphatic rings. The molecule has 178 valence electrons. The number of halogens is 1. The fourth-order valence-corrected chi connectivity index (χ4v) is 4.08. The topological polar surface area (TPSA) is 78.5 Å². The Morgan fingerprint density at radius 3 is 2.20 bits per heavy atom. The zero-order valence-electron chi connectivity index (χ0n) is 19.1. The van der Waals surface area contributed by atoms with Gasteiger partial charge in [0.1, 0.15) is 0 Å². The van der Waals surface area contributed by atoms with E-state index in [1.54, 1.807) is 65.6 Å². The first-order valence-corrected chi connectivity index (χ1v) is 11.9. The van der Waals surface area contributed by atoms with Gasteiger partial charge >= 0.3 is 0 Å². The summed E-state index contributed by atoms with van der Waals surface area (Å²) in [6, 6.07) is 23.4. The Balaban J connectivity index is 1.33. The first kappa shape index (κ1) is 24.2. The molecule has 0 atom stereocenters. The van der Waals surface area contributed by atoms with Crippen molar-refractivity contribution in [2.45, 2.75) is 12.8 Å². The Morgan fingerprint density at radius 1 is 0.829 bits per heavy atom. The number of amides is 3. The van der Waals surface area contributed by atoms with Crippen LogP contribution in [0.4, 0.5) is 11.4 Å². The van der Waals surface area contributed by atoms with Crippen molar-refractivity contribution in [3.8, 4) is 0 Å². The minimum atomic E-state index is -0.325. The van der Waals surface area contributed by atoms with Crippen molar-refractivity contribution < 1.29 is 14.4 Å². The minimum absolute atomic E-state index is 0.0584. The average molecular weight is 488 g/mol. The first-order valence-electron chi connectivity index (χ1n) is 11.5. The Hall–Kier alpha value is -3.90. The number of rotatable bonds is 6. The normalized spacial score (nSPS) is 14.0. The number of nitrogens with one attached hydrogen (secondary N) is 2. The van der Waals surface area contributed by atoms with Crippen molar-refractivity contribution in [2.24, 2.45) is 5.92 Å². The summed E-state index contributed by atoms with van der Waals surface area (Å²) < 4.78 is 0. The van der Waals surface area contributed by atoms with Crippen molar-refractivity contribution in [2.75, 3.05) is 23.7 Å². The number of hydrogen-bond acceptors (Lipinski definition) is 3. The summed E-state index contributed by atoms with van der Waals surface area (Å²) >= 11 is 5.90. The molecule has 0 bridgehead atoms. The van der Waals surface area contributed by atoms with Gasteiger partial charge in [-0.15, -0.1) is 0 Å². The highest BCUT2D eigenvalue weighted by molar-refractivity contribution is 6.30. The lowest BCUT2D eigenvalue weighted by atomic mass is 9.95. The van der Waals surface area contributed by atoms with E-state index < -0.39 is 0 Å². The lowest BCUT2D eigenvalue weighted by Crippen LogP contribution is -2.40. The molecular formula is C28H26ClN3O3. The van der Waals surface area contributed by atoms with Gasteiger partial charge in [-0.2, -0.15) is 0 Å². The van der Waals surface area contributed by atoms with E-state index in [1.807, 2.05) is 30.3 Å². The van der Waals surface area contributed by atoms with Crippen LogP contribution in [0, 0.1) is 5.92 Å². The molecule has 2 N–H and O–H groups in total. The molecule has 1 aliphatic heterocycles. The molecule has 7 heteroatoms. The van der Waals surface area contributed by atoms with Crippen LogP contribution in [-0.4, -0.2) is 35.7 Å². The van der Waals surface area contributed by atoms with E-state index in [0.717, 1.165) is 5.56 Å². The number of carbonyl (C=O) groups excluding carboxylic acids is 3. The second kappa shape index (κ2) is 11.5. The van der Waals surface area contributed by atoms with Gasteiger partial charge in [0, 0.05) is 35.8 Å². The number of hydrogen-bond donors (Lipinski definition) is 2. The summed E-state index contributed by atoms with van der Waals surface area (Å²) in [6.07, 6.45) is 4.50. The fourth-order valence-electron chi connectivity index (χ4n) is 3.96. The molecule has 35 heavy (non-hydrogen) atoms. The summed E-state index contributed by atoms with van der Waals surface area (Å²) in [5.41, 5.74) is 2.40. The molecule has 0 unspecified atom stereocenters. The molecule has 3 aromatic rings. The maximum absolute atomic E-state index is 13.0. The van der Waals surface area contributed by atoms with Crippen LogP contribution in [-0.2, 0) is 9.59 Å². The molecule has 0 aliphatic carbocycles. The van der Waals surface area contributed by atoms with Gasteiger partial charge in [0.15, 0.2) is 0 Å². The van der Waals surface area contributed by atoms with E-state index in [0.29, 0.717) is 47.9 Å². The fraction of sp³-hybridized carbons (Fsp3) is 0.179. The van der Waals surface area contributed by atoms with E-state index in [9.17, 15) is 14.4 Å². The van der Waals surface area contributed by atoms with Gasteiger partial charge in [0.2, 0.25) is 11.8 Å². The number of benzene rings is 3. The third-order valence-corrected chi connectivity index (χ3v) is 6.18. The molecular weight excluding hydrogens is 462 g/mol. The molecule has 6 nitrogen and oxygen atoms in total. The third kappa shape index (κ3) is 6.58. The maximum Gasteiger partial charge on any atom is 0.257 e. The number of anilines is 2. The molecule has 0 radical (unpaired) electrons. The summed E-state index contributed by atoms with van der Waals surface area (Å²) in [4.78, 5) is 40.0. The Labute approximate surface area is 209 Å². The highest BCUT2D eigenvalue weighted by Crippen LogP contribution is 2.23. The number of likely N-dealkylation sites (tertiary alicyclic amines) is 1. The standard InChI is InChI=1S/C28H26ClN3O3/c29-22-11-13-23(14-12-22)30-28(35)24-8-4-5-9-25(24)31-27(34)21-16-18-32(19-17-21)26(33)15-10-20-6-2-1-3-7-20/h1-15,21H,16-19H2,(H,30,35)(H,31,34)/b15-10+. The van der Waals surface area contributed by atoms with E-state index >= 15 is 0 Å². The Bertz CT molecular complexity index is 1220. The van der Waals surface area contributed by atoms with Crippen LogP contribution in [0.1, 0.15) is 28.8 Å². The van der Waals surface area contributed by atoms with Crippen LogP contribution in [0.3, 0.4) is 0 Å². The van der Waals surface area contributed by atoms with Crippen LogP contribution in [0.15, 0.2) is 84.9 Å². The van der Waals surface area contributed by atoms with Gasteiger partial charge < -0.3 is 15.5 Å². The molecule has 4 rings (SSSR count). The van der Waals surface area contributed by atoms with E-state index in [-0.39, 0.29) is 23.6 Å². The lowest BCUT2D eigenvalue weighted by molar-refractivity contribution is -0.130. The first-order chi connectivity index (χ1) is 17.0. The Kier molecular flexibility index (Phi) is 7.95. The molecule has 1 saturated heterocycles. The molecule has 0 spiro atoms. The summed E-state index contributed by atoms with van der Waals surface area (Å²) in [6.45, 7) is 1.02. The van der Waals surface area contributed by atoms with Crippen LogP contribution >= 0.6 is 11.6 Å². The van der Waals surface area contributed by atoms with Gasteiger partial charge in [0.25, 0.3) is 5.91 Å². The monoisotopic (exact) mass is 487 g/mol. The van der Waals surface area contributed by atoms with Crippen LogP contribution in [0.5, 0.6) is 0 Å². The third-order valence-electron chi connectivity index (χ3n) is 5.93. The second-order valence-corrected chi connectivity index (χ2v) is 8.78. The predicted molar refractivity (Wildman–Crippen MR) is 139 cm³/mol. The number of piperidine rings is 1. The van der Waals surface area contributed by atoms with Crippen molar-refractivity contribution in [1.29, 1.82) is 0 Å². The number of nitrogens with zero attached hydrogens (tertiary/aromatic N) is 1. The van der Waals surface area contributed by atoms with Gasteiger partial charge in [-0.3, -0.25) is 14.4 Å². The summed E-state index contributed by atoms with van der Waals surface area (Å²) in [5, 5.41) is 6.31. The molecule has 3 aromatic carbocycles. The molecule has 3 amide bonds. The second-order valence-electron chi connectivity index (χ2n) is 8.34. The van der Waals surface area contributed by atoms with E-state index in [1.165, 1.54) is 0 Å². The van der Waals surface area contributed by atoms with Crippen LogP contribution < -0.4 is 10.6 Å². The Morgan fingerprint density at radius 2 is 1.49 bits per heavy atom. The average Bonchev–Trinajstić information content (AvgIpc) is 2.89. The van der Waals surface area contributed by atoms with E-state index in [4.69, 9.17) is 11.6 Å². The van der Waals surface area contributed by atoms with Crippen molar-refractivity contribution in [3.05, 3.63) is 101 Å². The zero-order valence-corrected chi connectivity index (χ0v) is 19.9. The summed E-state index contributed by atoms with van der Waals surface area (Å²) in [5.74, 6) is -0.765. The molecule has 0 aromatic heterocycles.